The highest BCUT2D eigenvalue weighted by Crippen LogP contribution is 2.20. The van der Waals surface area contributed by atoms with Gasteiger partial charge in [-0.15, -0.1) is 0 Å². The number of rotatable bonds is 2. The van der Waals surface area contributed by atoms with Crippen LogP contribution in [0.1, 0.15) is 11.1 Å². The van der Waals surface area contributed by atoms with Gasteiger partial charge >= 0.3 is 0 Å². The SMILES string of the molecule is Cc1ccc(F)c(C[C@H]2COC(N)=N2)c1F. The summed E-state index contributed by atoms with van der Waals surface area (Å²) in [6.07, 6.45) is 0.167. The van der Waals surface area contributed by atoms with Crippen LogP contribution in [-0.4, -0.2) is 18.7 Å². The zero-order chi connectivity index (χ0) is 11.7. The van der Waals surface area contributed by atoms with Gasteiger partial charge in [0, 0.05) is 12.0 Å². The van der Waals surface area contributed by atoms with Crippen molar-refractivity contribution in [2.75, 3.05) is 6.61 Å². The summed E-state index contributed by atoms with van der Waals surface area (Å²) < 4.78 is 32.0. The molecule has 0 saturated heterocycles. The smallest absolute Gasteiger partial charge is 0.282 e. The van der Waals surface area contributed by atoms with Crippen LogP contribution in [0.2, 0.25) is 0 Å². The Hall–Kier alpha value is -1.65. The van der Waals surface area contributed by atoms with Crippen LogP contribution in [0.3, 0.4) is 0 Å². The van der Waals surface area contributed by atoms with Gasteiger partial charge in [-0.05, 0) is 18.6 Å². The molecule has 1 heterocycles. The molecule has 5 heteroatoms. The van der Waals surface area contributed by atoms with Crippen molar-refractivity contribution in [1.82, 2.24) is 0 Å². The van der Waals surface area contributed by atoms with Crippen LogP contribution in [0.4, 0.5) is 8.78 Å². The fraction of sp³-hybridized carbons (Fsp3) is 0.364. The number of halogens is 2. The highest BCUT2D eigenvalue weighted by Gasteiger charge is 2.21. The van der Waals surface area contributed by atoms with Crippen LogP contribution >= 0.6 is 0 Å². The van der Waals surface area contributed by atoms with Crippen molar-refractivity contribution in [1.29, 1.82) is 0 Å². The van der Waals surface area contributed by atoms with E-state index < -0.39 is 11.6 Å². The Labute approximate surface area is 91.9 Å². The molecule has 0 amide bonds. The van der Waals surface area contributed by atoms with E-state index in [4.69, 9.17) is 10.5 Å². The van der Waals surface area contributed by atoms with Gasteiger partial charge in [0.1, 0.15) is 18.2 Å². The molecule has 1 aliphatic rings. The zero-order valence-corrected chi connectivity index (χ0v) is 8.84. The van der Waals surface area contributed by atoms with Crippen molar-refractivity contribution in [3.63, 3.8) is 0 Å². The third-order valence-corrected chi connectivity index (χ3v) is 2.55. The monoisotopic (exact) mass is 226 g/mol. The molecule has 16 heavy (non-hydrogen) atoms. The van der Waals surface area contributed by atoms with E-state index in [-0.39, 0.29) is 30.7 Å². The van der Waals surface area contributed by atoms with Gasteiger partial charge < -0.3 is 10.5 Å². The van der Waals surface area contributed by atoms with E-state index in [1.54, 1.807) is 6.92 Å². The predicted octanol–water partition coefficient (Wildman–Crippen LogP) is 1.53. The molecule has 1 aliphatic heterocycles. The van der Waals surface area contributed by atoms with Crippen molar-refractivity contribution in [2.24, 2.45) is 10.7 Å². The molecule has 2 rings (SSSR count). The molecular formula is C11H12F2N2O. The van der Waals surface area contributed by atoms with Gasteiger partial charge in [-0.3, -0.25) is 0 Å². The fourth-order valence-corrected chi connectivity index (χ4v) is 1.68. The summed E-state index contributed by atoms with van der Waals surface area (Å²) in [5.41, 5.74) is 5.80. The highest BCUT2D eigenvalue weighted by atomic mass is 19.1. The second-order valence-electron chi connectivity index (χ2n) is 3.79. The molecule has 0 aliphatic carbocycles. The average Bonchev–Trinajstić information content (AvgIpc) is 2.65. The van der Waals surface area contributed by atoms with E-state index in [9.17, 15) is 8.78 Å². The lowest BCUT2D eigenvalue weighted by Gasteiger charge is -2.09. The van der Waals surface area contributed by atoms with Crippen LogP contribution in [0.15, 0.2) is 17.1 Å². The molecule has 0 spiro atoms. The second-order valence-corrected chi connectivity index (χ2v) is 3.79. The number of nitrogens with two attached hydrogens (primary N) is 1. The molecule has 2 N–H and O–H groups in total. The lowest BCUT2D eigenvalue weighted by Crippen LogP contribution is -2.13. The molecule has 3 nitrogen and oxygen atoms in total. The summed E-state index contributed by atoms with van der Waals surface area (Å²) in [5, 5.41) is 0. The number of benzene rings is 1. The molecule has 0 fully saturated rings. The Morgan fingerprint density at radius 2 is 2.25 bits per heavy atom. The van der Waals surface area contributed by atoms with Gasteiger partial charge in [0.2, 0.25) is 0 Å². The van der Waals surface area contributed by atoms with Gasteiger partial charge in [0.15, 0.2) is 0 Å². The lowest BCUT2D eigenvalue weighted by molar-refractivity contribution is 0.310. The predicted molar refractivity (Wildman–Crippen MR) is 56.2 cm³/mol. The number of ether oxygens (including phenoxy) is 1. The van der Waals surface area contributed by atoms with Crippen molar-refractivity contribution in [3.05, 3.63) is 34.9 Å². The third-order valence-electron chi connectivity index (χ3n) is 2.55. The number of hydrogen-bond acceptors (Lipinski definition) is 3. The molecule has 0 aromatic heterocycles. The first kappa shape index (κ1) is 10.9. The van der Waals surface area contributed by atoms with Crippen molar-refractivity contribution in [2.45, 2.75) is 19.4 Å². The summed E-state index contributed by atoms with van der Waals surface area (Å²) in [4.78, 5) is 3.93. The Kier molecular flexibility index (Phi) is 2.77. The maximum atomic E-state index is 13.7. The molecule has 1 aromatic carbocycles. The molecule has 0 bridgehead atoms. The summed E-state index contributed by atoms with van der Waals surface area (Å²) in [7, 11) is 0. The first-order chi connectivity index (χ1) is 7.58. The van der Waals surface area contributed by atoms with Gasteiger partial charge in [0.05, 0.1) is 6.04 Å². The first-order valence-corrected chi connectivity index (χ1v) is 4.97. The highest BCUT2D eigenvalue weighted by molar-refractivity contribution is 5.73. The van der Waals surface area contributed by atoms with Crippen LogP contribution in [-0.2, 0) is 11.2 Å². The third kappa shape index (κ3) is 1.98. The maximum absolute atomic E-state index is 13.7. The zero-order valence-electron chi connectivity index (χ0n) is 8.84. The topological polar surface area (TPSA) is 47.6 Å². The molecule has 86 valence electrons. The van der Waals surface area contributed by atoms with E-state index in [1.165, 1.54) is 12.1 Å². The summed E-state index contributed by atoms with van der Waals surface area (Å²) in [5.74, 6) is -1.07. The van der Waals surface area contributed by atoms with E-state index in [0.717, 1.165) is 0 Å². The molecule has 0 saturated carbocycles. The minimum Gasteiger partial charge on any atom is -0.463 e. The standard InChI is InChI=1S/C11H12F2N2O/c1-6-2-3-9(12)8(10(6)13)4-7-5-16-11(14)15-7/h2-3,7H,4-5H2,1H3,(H2,14,15)/t7-/m0/s1. The Bertz CT molecular complexity index is 446. The van der Waals surface area contributed by atoms with Crippen molar-refractivity contribution < 1.29 is 13.5 Å². The Morgan fingerprint density at radius 1 is 1.50 bits per heavy atom. The molecule has 1 aromatic rings. The summed E-state index contributed by atoms with van der Waals surface area (Å²) in [6, 6.07) is 2.46. The van der Waals surface area contributed by atoms with Gasteiger partial charge in [-0.2, -0.15) is 0 Å². The molecule has 0 unspecified atom stereocenters. The second kappa shape index (κ2) is 4.08. The van der Waals surface area contributed by atoms with Gasteiger partial charge in [-0.25, -0.2) is 13.8 Å². The number of nitrogens with zero attached hydrogens (tertiary/aromatic N) is 1. The van der Waals surface area contributed by atoms with E-state index >= 15 is 0 Å². The number of hydrogen-bond donors (Lipinski definition) is 1. The van der Waals surface area contributed by atoms with Gasteiger partial charge in [0.25, 0.3) is 6.02 Å². The largest absolute Gasteiger partial charge is 0.463 e. The van der Waals surface area contributed by atoms with Crippen molar-refractivity contribution in [3.8, 4) is 0 Å². The van der Waals surface area contributed by atoms with Crippen molar-refractivity contribution >= 4 is 6.02 Å². The van der Waals surface area contributed by atoms with E-state index in [1.807, 2.05) is 0 Å². The number of aryl methyl sites for hydroxylation is 1. The summed E-state index contributed by atoms with van der Waals surface area (Å²) >= 11 is 0. The number of aliphatic imine (C=N–C) groups is 1. The average molecular weight is 226 g/mol. The van der Waals surface area contributed by atoms with E-state index in [2.05, 4.69) is 4.99 Å². The Balaban J connectivity index is 2.24. The minimum atomic E-state index is -0.552. The fourth-order valence-electron chi connectivity index (χ4n) is 1.68. The van der Waals surface area contributed by atoms with E-state index in [0.29, 0.717) is 5.56 Å². The Morgan fingerprint density at radius 3 is 2.88 bits per heavy atom. The number of amidine groups is 1. The van der Waals surface area contributed by atoms with Crippen LogP contribution < -0.4 is 5.73 Å². The van der Waals surface area contributed by atoms with Crippen LogP contribution in [0.5, 0.6) is 0 Å². The molecule has 0 radical (unpaired) electrons. The van der Waals surface area contributed by atoms with Crippen LogP contribution in [0.25, 0.3) is 0 Å². The normalized spacial score (nSPS) is 19.4. The molecular weight excluding hydrogens is 214 g/mol. The quantitative estimate of drug-likeness (QED) is 0.831. The maximum Gasteiger partial charge on any atom is 0.282 e. The van der Waals surface area contributed by atoms with Gasteiger partial charge in [-0.1, -0.05) is 6.07 Å². The lowest BCUT2D eigenvalue weighted by atomic mass is 10.0. The minimum absolute atomic E-state index is 0.0482. The summed E-state index contributed by atoms with van der Waals surface area (Å²) in [6.45, 7) is 1.87. The molecule has 1 atom stereocenters. The first-order valence-electron chi connectivity index (χ1n) is 4.97. The van der Waals surface area contributed by atoms with Crippen LogP contribution in [0, 0.1) is 18.6 Å².